The van der Waals surface area contributed by atoms with Gasteiger partial charge >= 0.3 is 0 Å². The number of methoxy groups -OCH3 is 1. The van der Waals surface area contributed by atoms with Crippen LogP contribution in [0.1, 0.15) is 173 Å². The Balaban J connectivity index is -0.00000000186. The van der Waals surface area contributed by atoms with Gasteiger partial charge in [-0.2, -0.15) is 0 Å². The van der Waals surface area contributed by atoms with E-state index in [4.69, 9.17) is 29.9 Å². The highest BCUT2D eigenvalue weighted by atomic mass is 16.5. The number of hydrogen-bond donors (Lipinski definition) is 3. The van der Waals surface area contributed by atoms with Crippen LogP contribution in [0.5, 0.6) is 5.75 Å². The zero-order chi connectivity index (χ0) is 34.0. The highest BCUT2D eigenvalue weighted by Crippen LogP contribution is 2.35. The molecule has 1 atom stereocenters. The average molecular weight is 462 g/mol. The predicted molar refractivity (Wildman–Crippen MR) is 232 cm³/mol. The lowest BCUT2D eigenvalue weighted by Gasteiger charge is -2.28. The Labute approximate surface area is 248 Å². The zero-order valence-electron chi connectivity index (χ0n) is 31.9. The molecule has 22 heavy (non-hydrogen) atoms. The first-order valence-electron chi connectivity index (χ1n) is 16.3. The zero-order valence-corrected chi connectivity index (χ0v) is 14.9. The van der Waals surface area contributed by atoms with E-state index >= 15 is 0 Å². The van der Waals surface area contributed by atoms with Crippen molar-refractivity contribution in [3.05, 3.63) is 28.8 Å². The van der Waals surface area contributed by atoms with Gasteiger partial charge in [0.2, 0.25) is 0 Å². The third kappa shape index (κ3) is 4.70. The van der Waals surface area contributed by atoms with E-state index in [0.29, 0.717) is 29.0 Å². The van der Waals surface area contributed by atoms with Crippen molar-refractivity contribution < 1.29 is 124 Å². The lowest BCUT2D eigenvalue weighted by Crippen LogP contribution is -2.40. The van der Waals surface area contributed by atoms with Crippen LogP contribution in [-0.4, -0.2) is 29.4 Å². The second-order valence-electron chi connectivity index (χ2n) is 6.99. The number of ether oxygens (including phenoxy) is 1. The number of hydrogen-bond acceptors (Lipinski definition) is 4. The van der Waals surface area contributed by atoms with Crippen LogP contribution in [-0.2, 0) is 5.60 Å². The molecule has 1 aromatic carbocycles. The van der Waals surface area contributed by atoms with Gasteiger partial charge in [-0.05, 0) is 64.3 Å². The van der Waals surface area contributed by atoms with Crippen molar-refractivity contribution in [2.24, 2.45) is 0 Å². The summed E-state index contributed by atoms with van der Waals surface area (Å²) in [5.74, 6) is 0.500. The third-order valence-electron chi connectivity index (χ3n) is 4.10. The molecule has 0 radical (unpaired) electrons. The van der Waals surface area contributed by atoms with Gasteiger partial charge in [-0.25, -0.2) is 0 Å². The van der Waals surface area contributed by atoms with Crippen molar-refractivity contribution in [3.8, 4) is 5.75 Å². The summed E-state index contributed by atoms with van der Waals surface area (Å²) in [6, 6.07) is 1.93. The number of rotatable bonds is 7. The topological polar surface area (TPSA) is 61.7 Å². The van der Waals surface area contributed by atoms with E-state index in [0.717, 1.165) is 6.42 Å². The number of aliphatic hydroxyl groups excluding tert-OH is 1. The maximum absolute atomic E-state index is 10.5. The molecule has 0 saturated carbocycles. The molecule has 0 spiro atoms. The van der Waals surface area contributed by atoms with Crippen LogP contribution in [0, 0.1) is 6.92 Å². The van der Waals surface area contributed by atoms with Crippen LogP contribution < -0.4 is 10.1 Å². The molecule has 4 heteroatoms. The Bertz CT molecular complexity index is 620. The number of aliphatic hydroxyl groups is 2. The van der Waals surface area contributed by atoms with Crippen LogP contribution >= 0.6 is 0 Å². The monoisotopic (exact) mass is 461 g/mol. The minimum Gasteiger partial charge on any atom is -0.496 e. The van der Waals surface area contributed by atoms with Gasteiger partial charge in [-0.3, -0.25) is 0 Å². The fourth-order valence-electron chi connectivity index (χ4n) is 2.24. The molecule has 0 heterocycles. The molecule has 4 nitrogen and oxygen atoms in total. The number of benzene rings is 1. The molecule has 0 fully saturated rings. The van der Waals surface area contributed by atoms with E-state index in [9.17, 15) is 10.2 Å². The van der Waals surface area contributed by atoms with Gasteiger partial charge < -0.3 is 20.3 Å². The SMILES string of the molecule is [2H][2H].[2H][2H].[2H][2H].[2H][2H].[2H][2H].[2H][2H].[2H][2H].[2H][2H].[2H]c1c([C@@H](O)CNC(C)(C)CC)cc(C(C)(C)O)c(OC)c1C.[HH].[HH].[HH].[HH].[HH].[HH].[HH].[HH].[HH].[HH].[HH].[HH].[HH].[HH].[HH].[HH].[HH].[HH].[HH].[HH].[HH].[HH].[HH].[HH].[HH].[HH].[HH].[HH].[HH].[HH].[HH].[HH].[HH].[HH].[HH].[HH].[HH].[HH].[HH].[HH].[HH].[HH].[HH].[HH].[HH].[HH].[HH].[HH].[HH].[HH].[HH].[HH].[HH].[HH].[HH].[HH].[HH].[HH].[HH]. The van der Waals surface area contributed by atoms with Crippen LogP contribution in [0.4, 0.5) is 0 Å². The second-order valence-corrected chi connectivity index (χ2v) is 6.99. The molecule has 0 amide bonds. The maximum atomic E-state index is 10.5. The molecular formula is C18H165NO3. The summed E-state index contributed by atoms with van der Waals surface area (Å²) < 4.78 is 93.7. The van der Waals surface area contributed by atoms with E-state index in [1.54, 1.807) is 26.8 Å². The predicted octanol–water partition coefficient (Wildman–Crippen LogP) is 19.5. The van der Waals surface area contributed by atoms with Crippen molar-refractivity contribution >= 4 is 0 Å². The molecule has 0 saturated heterocycles. The summed E-state index contributed by atoms with van der Waals surface area (Å²) in [5.41, 5.74) is 0.506. The van der Waals surface area contributed by atoms with E-state index in [-0.39, 0.29) is 95.8 Å². The van der Waals surface area contributed by atoms with E-state index < -0.39 is 11.7 Å². The van der Waals surface area contributed by atoms with Gasteiger partial charge in [0.25, 0.3) is 0 Å². The largest absolute Gasteiger partial charge is 0.496 e. The van der Waals surface area contributed by atoms with Crippen LogP contribution in [0.2, 0.25) is 0 Å². The summed E-state index contributed by atoms with van der Waals surface area (Å²) in [5, 5.41) is 24.2. The lowest BCUT2D eigenvalue weighted by molar-refractivity contribution is 0.0750. The Morgan fingerprint density at radius 1 is 1.50 bits per heavy atom. The van der Waals surface area contributed by atoms with Crippen LogP contribution in [0.3, 0.4) is 0 Å². The summed E-state index contributed by atoms with van der Waals surface area (Å²) >= 11 is 0. The highest BCUT2D eigenvalue weighted by molar-refractivity contribution is 5.47. The van der Waals surface area contributed by atoms with Gasteiger partial charge in [0.1, 0.15) is 5.75 Å². The first-order valence-corrected chi connectivity index (χ1v) is 7.78. The molecule has 3 N–H and O–H groups in total. The molecule has 0 bridgehead atoms. The second kappa shape index (κ2) is 6.99. The van der Waals surface area contributed by atoms with E-state index in [1.807, 2.05) is 0 Å². The molecule has 0 aliphatic heterocycles. The fourth-order valence-corrected chi connectivity index (χ4v) is 2.24. The molecule has 0 aromatic heterocycles. The van der Waals surface area contributed by atoms with E-state index in [1.165, 1.54) is 7.11 Å². The Morgan fingerprint density at radius 2 is 2.09 bits per heavy atom. The lowest BCUT2D eigenvalue weighted by atomic mass is 9.91. The van der Waals surface area contributed by atoms with Crippen LogP contribution in [0.25, 0.3) is 0 Å². The quantitative estimate of drug-likeness (QED) is 0.378. The highest BCUT2D eigenvalue weighted by Gasteiger charge is 2.25. The number of β-amino-alcohol motifs (C(OH)–C–C–N with tert-alkyl or cyclic N) is 1. The summed E-state index contributed by atoms with van der Waals surface area (Å²) in [4.78, 5) is 0. The standard InChI is InChI=1S/C18H31NO3.67H2/c1-8-17(3,4)19-11-15(20)13-9-12(2)16(22-7)14(10-13)18(5,6)21;;;;;;;;;;;;;;;;;;;;;;;;;;;;;;;;;;;;;;;;;;;;;;;;;;;;;;;;;;;;;;;;;;;/h9-10,15,19-21H,8,11H2,1-7H3;67*1H/t15-;;;;;;;;;;;;;;;;;;;;;;;;;;;;;;;;;;;;;;;;;;;;;;;;;;;;;;;;;;;;;;;;;;;/m0.................................................................../s1/i9D;8*1+1D;;;;;;;;;;;;;;;;;;;;;;;;;;;;;;;;;;;;;;;;;;;;;;;;;;;;;;;;;;;. The third-order valence-corrected chi connectivity index (χ3v) is 4.10. The molecule has 260 valence electrons. The summed E-state index contributed by atoms with van der Waals surface area (Å²) in [6.45, 7) is 11.7. The maximum Gasteiger partial charge on any atom is 0.127 e. The van der Waals surface area contributed by atoms with E-state index in [2.05, 4.69) is 26.1 Å². The minimum absolute atomic E-state index is 0. The summed E-state index contributed by atoms with van der Waals surface area (Å²) in [6.07, 6.45) is 0.114. The van der Waals surface area contributed by atoms with Crippen molar-refractivity contribution in [3.63, 3.8) is 0 Å². The normalized spacial score (nSPS) is 17.6. The fraction of sp³-hybridized carbons (Fsp3) is 0.667. The van der Waals surface area contributed by atoms with Gasteiger partial charge in [-0.1, -0.05) is 6.92 Å². The first kappa shape index (κ1) is 9.26. The molecule has 0 aliphatic rings. The molecule has 0 aliphatic carbocycles. The van der Waals surface area contributed by atoms with Gasteiger partial charge in [0.15, 0.2) is 0 Å². The minimum atomic E-state index is -1.12. The molecule has 1 aromatic rings. The van der Waals surface area contributed by atoms with Gasteiger partial charge in [0, 0.05) is 126 Å². The van der Waals surface area contributed by atoms with Crippen LogP contribution in [0.15, 0.2) is 12.1 Å². The van der Waals surface area contributed by atoms with Gasteiger partial charge in [0.05, 0.1) is 20.2 Å². The molecule has 1 rings (SSSR count). The molecule has 0 unspecified atom stereocenters. The average Bonchev–Trinajstić information content (AvgIpc) is 3.00. The smallest absolute Gasteiger partial charge is 0.127 e. The Kier molecular flexibility index (Phi) is 2.94. The summed E-state index contributed by atoms with van der Waals surface area (Å²) in [7, 11) is 1.53. The molecular weight excluding hydrogens is 278 g/mol. The van der Waals surface area contributed by atoms with Crippen molar-refractivity contribution in [2.45, 2.75) is 65.2 Å². The first-order chi connectivity index (χ1) is 18.4. The van der Waals surface area contributed by atoms with Crippen molar-refractivity contribution in [1.29, 1.82) is 0 Å². The van der Waals surface area contributed by atoms with Crippen molar-refractivity contribution in [1.82, 2.24) is 5.32 Å². The van der Waals surface area contributed by atoms with Gasteiger partial charge in [-0.15, -0.1) is 0 Å². The number of nitrogens with one attached hydrogen (secondary N) is 1. The van der Waals surface area contributed by atoms with Crippen molar-refractivity contribution in [2.75, 3.05) is 13.7 Å². The Morgan fingerprint density at radius 3 is 2.55 bits per heavy atom. The Hall–Kier alpha value is -1.10.